The van der Waals surface area contributed by atoms with Crippen molar-refractivity contribution < 1.29 is 4.79 Å². The fourth-order valence-electron chi connectivity index (χ4n) is 3.18. The number of nitrogens with one attached hydrogen (secondary N) is 1. The molecule has 3 rings (SSSR count). The van der Waals surface area contributed by atoms with Gasteiger partial charge in [0.1, 0.15) is 0 Å². The molecule has 1 amide bonds. The zero-order valence-corrected chi connectivity index (χ0v) is 15.2. The highest BCUT2D eigenvalue weighted by Gasteiger charge is 2.15. The Morgan fingerprint density at radius 3 is 2.71 bits per heavy atom. The Bertz CT molecular complexity index is 664. The van der Waals surface area contributed by atoms with Gasteiger partial charge in [0.25, 0.3) is 0 Å². The number of nitrogens with zero attached hydrogens (tertiary/aromatic N) is 4. The number of tetrazole rings is 1. The van der Waals surface area contributed by atoms with Crippen molar-refractivity contribution in [3.8, 4) is 5.69 Å². The summed E-state index contributed by atoms with van der Waals surface area (Å²) >= 11 is 3.41. The maximum atomic E-state index is 12.1. The fourth-order valence-corrected chi connectivity index (χ4v) is 3.44. The molecule has 0 saturated heterocycles. The molecule has 7 heteroatoms. The van der Waals surface area contributed by atoms with Crippen molar-refractivity contribution in [2.75, 3.05) is 0 Å². The van der Waals surface area contributed by atoms with Crippen LogP contribution in [0.1, 0.15) is 50.8 Å². The Morgan fingerprint density at radius 2 is 1.96 bits per heavy atom. The third-order valence-electron chi connectivity index (χ3n) is 4.55. The van der Waals surface area contributed by atoms with Crippen LogP contribution in [0.4, 0.5) is 0 Å². The quantitative estimate of drug-likeness (QED) is 0.818. The molecule has 0 radical (unpaired) electrons. The van der Waals surface area contributed by atoms with E-state index in [9.17, 15) is 4.79 Å². The van der Waals surface area contributed by atoms with E-state index in [4.69, 9.17) is 0 Å². The topological polar surface area (TPSA) is 72.7 Å². The first-order valence-corrected chi connectivity index (χ1v) is 9.31. The van der Waals surface area contributed by atoms with Crippen molar-refractivity contribution in [3.63, 3.8) is 0 Å². The van der Waals surface area contributed by atoms with E-state index in [0.29, 0.717) is 18.8 Å². The minimum absolute atomic E-state index is 0.0749. The summed E-state index contributed by atoms with van der Waals surface area (Å²) in [5, 5.41) is 14.7. The van der Waals surface area contributed by atoms with Gasteiger partial charge in [-0.25, -0.2) is 0 Å². The zero-order chi connectivity index (χ0) is 16.8. The van der Waals surface area contributed by atoms with Crippen LogP contribution in [0.3, 0.4) is 0 Å². The van der Waals surface area contributed by atoms with Crippen molar-refractivity contribution in [2.45, 2.75) is 51.5 Å². The van der Waals surface area contributed by atoms with Crippen molar-refractivity contribution >= 4 is 21.8 Å². The second-order valence-corrected chi connectivity index (χ2v) is 7.22. The maximum Gasteiger partial charge on any atom is 0.220 e. The van der Waals surface area contributed by atoms with Crippen molar-refractivity contribution in [1.82, 2.24) is 25.5 Å². The van der Waals surface area contributed by atoms with Crippen LogP contribution in [-0.2, 0) is 11.3 Å². The lowest BCUT2D eigenvalue weighted by molar-refractivity contribution is -0.121. The first-order valence-electron chi connectivity index (χ1n) is 8.52. The molecule has 0 spiro atoms. The van der Waals surface area contributed by atoms with Crippen LogP contribution in [0.5, 0.6) is 0 Å². The molecular formula is C17H22BrN5O. The molecule has 1 heterocycles. The van der Waals surface area contributed by atoms with Crippen molar-refractivity contribution in [1.29, 1.82) is 0 Å². The molecule has 2 aromatic rings. The minimum Gasteiger partial charge on any atom is -0.349 e. The lowest BCUT2D eigenvalue weighted by Gasteiger charge is -2.20. The molecule has 1 aliphatic rings. The number of carbonyl (C=O) groups is 1. The van der Waals surface area contributed by atoms with Crippen LogP contribution in [0.2, 0.25) is 0 Å². The highest BCUT2D eigenvalue weighted by Crippen LogP contribution is 2.27. The molecule has 1 saturated carbocycles. The Labute approximate surface area is 150 Å². The molecule has 0 unspecified atom stereocenters. The van der Waals surface area contributed by atoms with Gasteiger partial charge in [-0.2, -0.15) is 4.68 Å². The van der Waals surface area contributed by atoms with Crippen LogP contribution < -0.4 is 5.32 Å². The number of benzene rings is 1. The van der Waals surface area contributed by atoms with E-state index >= 15 is 0 Å². The monoisotopic (exact) mass is 391 g/mol. The molecule has 6 nitrogen and oxygen atoms in total. The van der Waals surface area contributed by atoms with E-state index in [-0.39, 0.29) is 5.91 Å². The molecule has 0 aliphatic heterocycles. The van der Waals surface area contributed by atoms with Crippen molar-refractivity contribution in [2.24, 2.45) is 5.92 Å². The predicted octanol–water partition coefficient (Wildman–Crippen LogP) is 3.40. The number of amides is 1. The first kappa shape index (κ1) is 17.1. The average molecular weight is 392 g/mol. The van der Waals surface area contributed by atoms with Gasteiger partial charge in [0.2, 0.25) is 5.91 Å². The fraction of sp³-hybridized carbons (Fsp3) is 0.529. The summed E-state index contributed by atoms with van der Waals surface area (Å²) in [6, 6.07) is 7.72. The van der Waals surface area contributed by atoms with E-state index in [2.05, 4.69) is 36.8 Å². The molecule has 128 valence electrons. The SMILES string of the molecule is O=C(CCC1CCCCC1)NCc1nnnn1-c1ccc(Br)cc1. The Hall–Kier alpha value is -1.76. The standard InChI is InChI=1S/C17H22BrN5O/c18-14-7-9-15(10-8-14)23-16(20-21-22-23)12-19-17(24)11-6-13-4-2-1-3-5-13/h7-10,13H,1-6,11-12H2,(H,19,24). The number of hydrogen-bond acceptors (Lipinski definition) is 4. The predicted molar refractivity (Wildman–Crippen MR) is 94.5 cm³/mol. The normalized spacial score (nSPS) is 15.4. The van der Waals surface area contributed by atoms with Crippen molar-refractivity contribution in [3.05, 3.63) is 34.6 Å². The first-order chi connectivity index (χ1) is 11.7. The molecule has 24 heavy (non-hydrogen) atoms. The van der Waals surface area contributed by atoms with Crippen LogP contribution in [0.15, 0.2) is 28.7 Å². The van der Waals surface area contributed by atoms with Crippen LogP contribution in [0.25, 0.3) is 5.69 Å². The number of carbonyl (C=O) groups excluding carboxylic acids is 1. The van der Waals surface area contributed by atoms with Gasteiger partial charge in [0, 0.05) is 10.9 Å². The zero-order valence-electron chi connectivity index (χ0n) is 13.6. The molecule has 1 aliphatic carbocycles. The summed E-state index contributed by atoms with van der Waals surface area (Å²) in [5.41, 5.74) is 0.870. The summed E-state index contributed by atoms with van der Waals surface area (Å²) in [5.74, 6) is 1.42. The number of halogens is 1. The van der Waals surface area contributed by atoms with Gasteiger partial charge in [-0.05, 0) is 47.0 Å². The van der Waals surface area contributed by atoms with Gasteiger partial charge in [-0.1, -0.05) is 48.0 Å². The van der Waals surface area contributed by atoms with E-state index in [0.717, 1.165) is 22.5 Å². The molecule has 1 aromatic carbocycles. The highest BCUT2D eigenvalue weighted by molar-refractivity contribution is 9.10. The third kappa shape index (κ3) is 4.63. The van der Waals surface area contributed by atoms with Gasteiger partial charge >= 0.3 is 0 Å². The summed E-state index contributed by atoms with van der Waals surface area (Å²) in [7, 11) is 0. The molecule has 1 N–H and O–H groups in total. The van der Waals surface area contributed by atoms with E-state index in [1.807, 2.05) is 24.3 Å². The molecule has 1 fully saturated rings. The van der Waals surface area contributed by atoms with Gasteiger partial charge in [0.05, 0.1) is 12.2 Å². The van der Waals surface area contributed by atoms with Gasteiger partial charge in [0.15, 0.2) is 5.82 Å². The lowest BCUT2D eigenvalue weighted by Crippen LogP contribution is -2.25. The van der Waals surface area contributed by atoms with E-state index < -0.39 is 0 Å². The van der Waals surface area contributed by atoms with Crippen LogP contribution in [0, 0.1) is 5.92 Å². The third-order valence-corrected chi connectivity index (χ3v) is 5.08. The number of hydrogen-bond donors (Lipinski definition) is 1. The molecular weight excluding hydrogens is 370 g/mol. The average Bonchev–Trinajstić information content (AvgIpc) is 3.08. The molecule has 0 atom stereocenters. The van der Waals surface area contributed by atoms with E-state index in [1.165, 1.54) is 32.1 Å². The van der Waals surface area contributed by atoms with Gasteiger partial charge in [-0.3, -0.25) is 4.79 Å². The second-order valence-electron chi connectivity index (χ2n) is 6.30. The molecule has 1 aromatic heterocycles. The second kappa shape index (κ2) is 8.37. The van der Waals surface area contributed by atoms with Crippen LogP contribution in [-0.4, -0.2) is 26.1 Å². The van der Waals surface area contributed by atoms with Gasteiger partial charge < -0.3 is 5.32 Å². The Balaban J connectivity index is 1.50. The summed E-state index contributed by atoms with van der Waals surface area (Å²) < 4.78 is 2.64. The number of rotatable bonds is 6. The Kier molecular flexibility index (Phi) is 5.96. The smallest absolute Gasteiger partial charge is 0.220 e. The minimum atomic E-state index is 0.0749. The maximum absolute atomic E-state index is 12.1. The summed E-state index contributed by atoms with van der Waals surface area (Å²) in [6.07, 6.45) is 8.10. The summed E-state index contributed by atoms with van der Waals surface area (Å²) in [4.78, 5) is 12.1. The largest absolute Gasteiger partial charge is 0.349 e. The lowest BCUT2D eigenvalue weighted by atomic mass is 9.86. The van der Waals surface area contributed by atoms with Crippen LogP contribution >= 0.6 is 15.9 Å². The molecule has 0 bridgehead atoms. The number of aromatic nitrogens is 4. The highest BCUT2D eigenvalue weighted by atomic mass is 79.9. The van der Waals surface area contributed by atoms with Gasteiger partial charge in [-0.15, -0.1) is 5.10 Å². The van der Waals surface area contributed by atoms with E-state index in [1.54, 1.807) is 4.68 Å². The summed E-state index contributed by atoms with van der Waals surface area (Å²) in [6.45, 7) is 0.340. The Morgan fingerprint density at radius 1 is 1.21 bits per heavy atom.